The van der Waals surface area contributed by atoms with E-state index in [0.29, 0.717) is 18.3 Å². The smallest absolute Gasteiger partial charge is 0.226 e. The van der Waals surface area contributed by atoms with Crippen molar-refractivity contribution in [2.24, 2.45) is 0 Å². The standard InChI is InChI=1S/C19H27N3O3/c1-4-6-18-20-17(21-25-18)13-22-12-5-7-16(22)19(2,23)14-8-10-15(24-3)11-9-14/h8-11,16,23H,4-7,12-13H2,1-3H3/t16-,19+/m0/s1. The van der Waals surface area contributed by atoms with Crippen molar-refractivity contribution in [2.45, 2.75) is 57.7 Å². The van der Waals surface area contributed by atoms with E-state index in [1.165, 1.54) is 0 Å². The number of aryl methyl sites for hydroxylation is 1. The summed E-state index contributed by atoms with van der Waals surface area (Å²) in [4.78, 5) is 6.71. The molecule has 2 atom stereocenters. The van der Waals surface area contributed by atoms with E-state index in [1.807, 2.05) is 31.2 Å². The number of hydrogen-bond acceptors (Lipinski definition) is 6. The molecular weight excluding hydrogens is 318 g/mol. The predicted molar refractivity (Wildman–Crippen MR) is 94.3 cm³/mol. The number of methoxy groups -OCH3 is 1. The average Bonchev–Trinajstić information content (AvgIpc) is 3.25. The second-order valence-electron chi connectivity index (χ2n) is 6.86. The Labute approximate surface area is 148 Å². The van der Waals surface area contributed by atoms with Crippen LogP contribution in [0, 0.1) is 0 Å². The predicted octanol–water partition coefficient (Wildman–Crippen LogP) is 2.90. The Hall–Kier alpha value is -1.92. The number of likely N-dealkylation sites (tertiary alicyclic amines) is 1. The summed E-state index contributed by atoms with van der Waals surface area (Å²) in [6.45, 7) is 5.50. The molecule has 1 saturated heterocycles. The minimum atomic E-state index is -0.946. The van der Waals surface area contributed by atoms with Crippen LogP contribution in [0.3, 0.4) is 0 Å². The summed E-state index contributed by atoms with van der Waals surface area (Å²) >= 11 is 0. The number of nitrogens with zero attached hydrogens (tertiary/aromatic N) is 3. The van der Waals surface area contributed by atoms with E-state index in [9.17, 15) is 5.11 Å². The van der Waals surface area contributed by atoms with Gasteiger partial charge in [-0.15, -0.1) is 0 Å². The molecule has 0 aliphatic carbocycles. The first kappa shape index (κ1) is 17.9. The Kier molecular flexibility index (Phi) is 5.39. The van der Waals surface area contributed by atoms with E-state index in [1.54, 1.807) is 7.11 Å². The third-order valence-corrected chi connectivity index (χ3v) is 5.01. The van der Waals surface area contributed by atoms with E-state index in [2.05, 4.69) is 22.0 Å². The summed E-state index contributed by atoms with van der Waals surface area (Å²) in [5, 5.41) is 15.3. The number of ether oxygens (including phenoxy) is 1. The normalized spacial score (nSPS) is 20.6. The Balaban J connectivity index is 1.74. The van der Waals surface area contributed by atoms with Gasteiger partial charge in [-0.25, -0.2) is 0 Å². The van der Waals surface area contributed by atoms with Gasteiger partial charge in [0.2, 0.25) is 5.89 Å². The number of hydrogen-bond donors (Lipinski definition) is 1. The number of aliphatic hydroxyl groups is 1. The van der Waals surface area contributed by atoms with Crippen molar-refractivity contribution < 1.29 is 14.4 Å². The minimum absolute atomic E-state index is 0.0222. The van der Waals surface area contributed by atoms with Crippen LogP contribution in [0.5, 0.6) is 5.75 Å². The maximum absolute atomic E-state index is 11.2. The first-order valence-electron chi connectivity index (χ1n) is 8.97. The van der Waals surface area contributed by atoms with Gasteiger partial charge in [0, 0.05) is 12.5 Å². The highest BCUT2D eigenvalue weighted by Gasteiger charge is 2.40. The Bertz CT molecular complexity index is 681. The van der Waals surface area contributed by atoms with Crippen LogP contribution in [0.4, 0.5) is 0 Å². The Morgan fingerprint density at radius 3 is 2.80 bits per heavy atom. The third-order valence-electron chi connectivity index (χ3n) is 5.01. The van der Waals surface area contributed by atoms with Crippen LogP contribution in [0.2, 0.25) is 0 Å². The highest BCUT2D eigenvalue weighted by Crippen LogP contribution is 2.35. The molecule has 25 heavy (non-hydrogen) atoms. The molecule has 1 aliphatic rings. The van der Waals surface area contributed by atoms with Crippen molar-refractivity contribution in [1.29, 1.82) is 0 Å². The monoisotopic (exact) mass is 345 g/mol. The van der Waals surface area contributed by atoms with E-state index in [-0.39, 0.29) is 6.04 Å². The van der Waals surface area contributed by atoms with Gasteiger partial charge in [0.15, 0.2) is 5.82 Å². The fourth-order valence-electron chi connectivity index (χ4n) is 3.62. The molecule has 2 heterocycles. The molecule has 2 aromatic rings. The van der Waals surface area contributed by atoms with Crippen molar-refractivity contribution in [2.75, 3.05) is 13.7 Å². The summed E-state index contributed by atoms with van der Waals surface area (Å²) in [7, 11) is 1.64. The quantitative estimate of drug-likeness (QED) is 0.832. The van der Waals surface area contributed by atoms with Gasteiger partial charge < -0.3 is 14.4 Å². The second-order valence-corrected chi connectivity index (χ2v) is 6.86. The molecule has 1 aliphatic heterocycles. The van der Waals surface area contributed by atoms with Crippen molar-refractivity contribution >= 4 is 0 Å². The molecule has 0 saturated carbocycles. The topological polar surface area (TPSA) is 71.6 Å². The SMILES string of the molecule is CCCc1nc(CN2CCC[C@H]2[C@](C)(O)c2ccc(OC)cc2)no1. The number of aromatic nitrogens is 2. The molecule has 0 radical (unpaired) electrons. The zero-order chi connectivity index (χ0) is 17.9. The van der Waals surface area contributed by atoms with E-state index < -0.39 is 5.60 Å². The first-order valence-corrected chi connectivity index (χ1v) is 8.97. The summed E-state index contributed by atoms with van der Waals surface area (Å²) in [6, 6.07) is 7.67. The highest BCUT2D eigenvalue weighted by molar-refractivity contribution is 5.31. The summed E-state index contributed by atoms with van der Waals surface area (Å²) in [6.07, 6.45) is 3.79. The highest BCUT2D eigenvalue weighted by atomic mass is 16.5. The van der Waals surface area contributed by atoms with Crippen LogP contribution in [-0.2, 0) is 18.6 Å². The molecule has 6 nitrogen and oxygen atoms in total. The third kappa shape index (κ3) is 3.85. The zero-order valence-electron chi connectivity index (χ0n) is 15.2. The molecule has 1 aromatic carbocycles. The largest absolute Gasteiger partial charge is 0.497 e. The van der Waals surface area contributed by atoms with E-state index in [4.69, 9.17) is 9.26 Å². The lowest BCUT2D eigenvalue weighted by atomic mass is 9.86. The molecule has 0 bridgehead atoms. The molecule has 1 fully saturated rings. The van der Waals surface area contributed by atoms with Gasteiger partial charge in [-0.05, 0) is 50.4 Å². The lowest BCUT2D eigenvalue weighted by molar-refractivity contribution is -0.0262. The van der Waals surface area contributed by atoms with Gasteiger partial charge in [0.05, 0.1) is 13.7 Å². The molecule has 1 N–H and O–H groups in total. The van der Waals surface area contributed by atoms with Crippen LogP contribution < -0.4 is 4.74 Å². The molecule has 1 aromatic heterocycles. The first-order chi connectivity index (χ1) is 12.0. The zero-order valence-corrected chi connectivity index (χ0v) is 15.2. The van der Waals surface area contributed by atoms with Crippen LogP contribution in [0.25, 0.3) is 0 Å². The molecule has 3 rings (SSSR count). The van der Waals surface area contributed by atoms with Crippen LogP contribution >= 0.6 is 0 Å². The van der Waals surface area contributed by atoms with Crippen LogP contribution in [0.15, 0.2) is 28.8 Å². The Morgan fingerprint density at radius 1 is 1.36 bits per heavy atom. The molecule has 0 unspecified atom stereocenters. The van der Waals surface area contributed by atoms with Gasteiger partial charge in [0.1, 0.15) is 11.4 Å². The molecular formula is C19H27N3O3. The van der Waals surface area contributed by atoms with Crippen LogP contribution in [0.1, 0.15) is 50.4 Å². The van der Waals surface area contributed by atoms with Gasteiger partial charge in [-0.1, -0.05) is 24.2 Å². The van der Waals surface area contributed by atoms with Crippen molar-refractivity contribution in [3.05, 3.63) is 41.5 Å². The average molecular weight is 345 g/mol. The van der Waals surface area contributed by atoms with Gasteiger partial charge in [-0.2, -0.15) is 4.98 Å². The molecule has 0 amide bonds. The van der Waals surface area contributed by atoms with Crippen molar-refractivity contribution in [3.63, 3.8) is 0 Å². The second kappa shape index (κ2) is 7.54. The Morgan fingerprint density at radius 2 is 2.12 bits per heavy atom. The lowest BCUT2D eigenvalue weighted by Gasteiger charge is -2.36. The van der Waals surface area contributed by atoms with Crippen molar-refractivity contribution in [3.8, 4) is 5.75 Å². The van der Waals surface area contributed by atoms with Gasteiger partial charge in [0.25, 0.3) is 0 Å². The fourth-order valence-corrected chi connectivity index (χ4v) is 3.62. The molecule has 0 spiro atoms. The van der Waals surface area contributed by atoms with Gasteiger partial charge >= 0.3 is 0 Å². The van der Waals surface area contributed by atoms with Gasteiger partial charge in [-0.3, -0.25) is 4.90 Å². The summed E-state index contributed by atoms with van der Waals surface area (Å²) < 4.78 is 10.5. The molecule has 6 heteroatoms. The van der Waals surface area contributed by atoms with Crippen LogP contribution in [-0.4, -0.2) is 39.8 Å². The number of benzene rings is 1. The molecule has 136 valence electrons. The summed E-state index contributed by atoms with van der Waals surface area (Å²) in [5.41, 5.74) is -0.0522. The minimum Gasteiger partial charge on any atom is -0.497 e. The summed E-state index contributed by atoms with van der Waals surface area (Å²) in [5.74, 6) is 2.18. The van der Waals surface area contributed by atoms with E-state index in [0.717, 1.165) is 43.5 Å². The maximum atomic E-state index is 11.2. The van der Waals surface area contributed by atoms with E-state index >= 15 is 0 Å². The number of rotatable bonds is 7. The maximum Gasteiger partial charge on any atom is 0.226 e. The van der Waals surface area contributed by atoms with Crippen molar-refractivity contribution in [1.82, 2.24) is 15.0 Å². The lowest BCUT2D eigenvalue weighted by Crippen LogP contribution is -2.45. The fraction of sp³-hybridized carbons (Fsp3) is 0.579.